The maximum atomic E-state index is 13.8. The van der Waals surface area contributed by atoms with Crippen molar-refractivity contribution in [2.75, 3.05) is 23.5 Å². The van der Waals surface area contributed by atoms with E-state index in [2.05, 4.69) is 0 Å². The van der Waals surface area contributed by atoms with E-state index in [1.807, 2.05) is 87.5 Å². The van der Waals surface area contributed by atoms with Gasteiger partial charge in [-0.15, -0.1) is 0 Å². The van der Waals surface area contributed by atoms with Gasteiger partial charge in [-0.2, -0.15) is 0 Å². The van der Waals surface area contributed by atoms with E-state index in [9.17, 15) is 9.59 Å². The maximum absolute atomic E-state index is 13.8. The average Bonchev–Trinajstić information content (AvgIpc) is 2.78. The minimum Gasteiger partial charge on any atom is -0.497 e. The van der Waals surface area contributed by atoms with Crippen LogP contribution in [-0.2, 0) is 9.59 Å². The van der Waals surface area contributed by atoms with Gasteiger partial charge in [0, 0.05) is 11.4 Å². The number of rotatable bonds is 4. The molecule has 0 bridgehead atoms. The summed E-state index contributed by atoms with van der Waals surface area (Å²) >= 11 is 0. The van der Waals surface area contributed by atoms with Gasteiger partial charge in [0.1, 0.15) is 18.3 Å². The summed E-state index contributed by atoms with van der Waals surface area (Å²) in [5.41, 5.74) is 5.41. The second-order valence-electron chi connectivity index (χ2n) is 7.92. The second-order valence-corrected chi connectivity index (χ2v) is 7.92. The summed E-state index contributed by atoms with van der Waals surface area (Å²) in [5.74, 6) is 0.455. The molecule has 0 unspecified atom stereocenters. The zero-order valence-corrected chi connectivity index (χ0v) is 18.3. The molecule has 4 rings (SSSR count). The van der Waals surface area contributed by atoms with E-state index in [0.29, 0.717) is 5.75 Å². The Kier molecular flexibility index (Phi) is 5.51. The van der Waals surface area contributed by atoms with Crippen molar-refractivity contribution in [3.8, 4) is 5.75 Å². The fourth-order valence-electron chi connectivity index (χ4n) is 3.98. The number of anilines is 2. The van der Waals surface area contributed by atoms with Crippen molar-refractivity contribution in [2.24, 2.45) is 0 Å². The van der Waals surface area contributed by atoms with E-state index in [1.54, 1.807) is 16.9 Å². The van der Waals surface area contributed by atoms with Gasteiger partial charge in [-0.3, -0.25) is 14.5 Å². The zero-order valence-electron chi connectivity index (χ0n) is 18.3. The summed E-state index contributed by atoms with van der Waals surface area (Å²) in [5, 5.41) is 0. The van der Waals surface area contributed by atoms with Gasteiger partial charge in [0.15, 0.2) is 0 Å². The largest absolute Gasteiger partial charge is 0.497 e. The summed E-state index contributed by atoms with van der Waals surface area (Å²) in [7, 11) is 1.60. The number of aryl methyl sites for hydroxylation is 2. The molecule has 3 aromatic rings. The van der Waals surface area contributed by atoms with Crippen molar-refractivity contribution in [1.82, 2.24) is 0 Å². The van der Waals surface area contributed by atoms with E-state index >= 15 is 0 Å². The number of benzene rings is 3. The third-order valence-electron chi connectivity index (χ3n) is 5.93. The van der Waals surface area contributed by atoms with Crippen molar-refractivity contribution < 1.29 is 14.3 Å². The topological polar surface area (TPSA) is 49.9 Å². The van der Waals surface area contributed by atoms with Gasteiger partial charge in [0.05, 0.1) is 7.11 Å². The maximum Gasteiger partial charge on any atom is 0.255 e. The average molecular weight is 415 g/mol. The molecule has 1 saturated heterocycles. The summed E-state index contributed by atoms with van der Waals surface area (Å²) in [4.78, 5) is 30.5. The van der Waals surface area contributed by atoms with Crippen molar-refractivity contribution in [1.29, 1.82) is 0 Å². The summed E-state index contributed by atoms with van der Waals surface area (Å²) in [6, 6.07) is 20.1. The molecule has 31 heavy (non-hydrogen) atoms. The third-order valence-corrected chi connectivity index (χ3v) is 5.93. The van der Waals surface area contributed by atoms with Crippen LogP contribution in [0, 0.1) is 20.8 Å². The van der Waals surface area contributed by atoms with Gasteiger partial charge in [-0.05, 0) is 67.8 Å². The predicted octanol–water partition coefficient (Wildman–Crippen LogP) is 4.74. The van der Waals surface area contributed by atoms with Crippen molar-refractivity contribution >= 4 is 23.2 Å². The molecular formula is C26H26N2O3. The van der Waals surface area contributed by atoms with E-state index in [4.69, 9.17) is 4.74 Å². The second kappa shape index (κ2) is 8.26. The van der Waals surface area contributed by atoms with E-state index in [-0.39, 0.29) is 18.4 Å². The Balaban J connectivity index is 1.84. The highest BCUT2D eigenvalue weighted by Crippen LogP contribution is 2.37. The number of amides is 2. The van der Waals surface area contributed by atoms with Crippen molar-refractivity contribution in [3.63, 3.8) is 0 Å². The fraction of sp³-hybridized carbons (Fsp3) is 0.231. The Bertz CT molecular complexity index is 1120. The molecule has 0 radical (unpaired) electrons. The highest BCUT2D eigenvalue weighted by atomic mass is 16.5. The monoisotopic (exact) mass is 414 g/mol. The molecule has 1 atom stereocenters. The number of methoxy groups -OCH3 is 1. The lowest BCUT2D eigenvalue weighted by molar-refractivity contribution is -0.128. The SMILES string of the molecule is COc1ccc([C@@H]2C(=O)N(c3ccc(C)cc3)CC(=O)N2c2cccc(C)c2C)cc1. The van der Waals surface area contributed by atoms with Crippen LogP contribution in [0.3, 0.4) is 0 Å². The molecule has 5 nitrogen and oxygen atoms in total. The highest BCUT2D eigenvalue weighted by molar-refractivity contribution is 6.14. The van der Waals surface area contributed by atoms with Crippen LogP contribution in [-0.4, -0.2) is 25.5 Å². The molecular weight excluding hydrogens is 388 g/mol. The van der Waals surface area contributed by atoms with Gasteiger partial charge in [0.25, 0.3) is 5.91 Å². The Hall–Kier alpha value is -3.60. The standard InChI is InChI=1S/C26H26N2O3/c1-17-8-12-21(13-9-17)27-16-24(29)28(23-7-5-6-18(2)19(23)3)25(26(27)30)20-10-14-22(31-4)15-11-20/h5-15,25H,16H2,1-4H3/t25-/m1/s1. The molecule has 0 aliphatic carbocycles. The zero-order chi connectivity index (χ0) is 22.1. The predicted molar refractivity (Wildman–Crippen MR) is 123 cm³/mol. The highest BCUT2D eigenvalue weighted by Gasteiger charge is 2.42. The van der Waals surface area contributed by atoms with Crippen LogP contribution < -0.4 is 14.5 Å². The Labute approximate surface area is 182 Å². The lowest BCUT2D eigenvalue weighted by Gasteiger charge is -2.41. The van der Waals surface area contributed by atoms with Crippen LogP contribution >= 0.6 is 0 Å². The number of carbonyl (C=O) groups is 2. The lowest BCUT2D eigenvalue weighted by Crippen LogP contribution is -2.56. The quantitative estimate of drug-likeness (QED) is 0.620. The van der Waals surface area contributed by atoms with Gasteiger partial charge in [0.2, 0.25) is 5.91 Å². The molecule has 0 saturated carbocycles. The molecule has 0 aromatic heterocycles. The summed E-state index contributed by atoms with van der Waals surface area (Å²) in [6.45, 7) is 5.99. The Morgan fingerprint density at radius 1 is 0.871 bits per heavy atom. The summed E-state index contributed by atoms with van der Waals surface area (Å²) in [6.07, 6.45) is 0. The minimum atomic E-state index is -0.756. The van der Waals surface area contributed by atoms with Crippen LogP contribution in [0.5, 0.6) is 5.75 Å². The first kappa shape index (κ1) is 20.7. The Morgan fingerprint density at radius 3 is 2.19 bits per heavy atom. The summed E-state index contributed by atoms with van der Waals surface area (Å²) < 4.78 is 5.28. The minimum absolute atomic E-state index is 0.00192. The fourth-order valence-corrected chi connectivity index (χ4v) is 3.98. The first-order valence-corrected chi connectivity index (χ1v) is 10.3. The molecule has 2 amide bonds. The molecule has 1 aliphatic rings. The molecule has 0 spiro atoms. The number of hydrogen-bond donors (Lipinski definition) is 0. The molecule has 1 aliphatic heterocycles. The van der Waals surface area contributed by atoms with Crippen LogP contribution in [0.4, 0.5) is 11.4 Å². The normalized spacial score (nSPS) is 16.6. The van der Waals surface area contributed by atoms with E-state index < -0.39 is 6.04 Å². The van der Waals surface area contributed by atoms with Crippen LogP contribution in [0.1, 0.15) is 28.3 Å². The number of hydrogen-bond acceptors (Lipinski definition) is 3. The Morgan fingerprint density at radius 2 is 1.55 bits per heavy atom. The van der Waals surface area contributed by atoms with Crippen molar-refractivity contribution in [2.45, 2.75) is 26.8 Å². The van der Waals surface area contributed by atoms with E-state index in [1.165, 1.54) is 0 Å². The number of nitrogens with zero attached hydrogens (tertiary/aromatic N) is 2. The molecule has 1 heterocycles. The number of ether oxygens (including phenoxy) is 1. The van der Waals surface area contributed by atoms with Gasteiger partial charge < -0.3 is 9.64 Å². The van der Waals surface area contributed by atoms with Gasteiger partial charge in [-0.1, -0.05) is 42.0 Å². The number of carbonyl (C=O) groups excluding carboxylic acids is 2. The van der Waals surface area contributed by atoms with Crippen LogP contribution in [0.15, 0.2) is 66.7 Å². The third kappa shape index (κ3) is 3.79. The smallest absolute Gasteiger partial charge is 0.255 e. The molecule has 158 valence electrons. The van der Waals surface area contributed by atoms with Crippen LogP contribution in [0.2, 0.25) is 0 Å². The van der Waals surface area contributed by atoms with Crippen LogP contribution in [0.25, 0.3) is 0 Å². The lowest BCUT2D eigenvalue weighted by atomic mass is 9.97. The van der Waals surface area contributed by atoms with Gasteiger partial charge in [-0.25, -0.2) is 0 Å². The first-order chi connectivity index (χ1) is 14.9. The van der Waals surface area contributed by atoms with E-state index in [0.717, 1.165) is 33.6 Å². The molecule has 1 fully saturated rings. The molecule has 3 aromatic carbocycles. The molecule has 0 N–H and O–H groups in total. The number of piperazine rings is 1. The molecule has 5 heteroatoms. The van der Waals surface area contributed by atoms with Crippen molar-refractivity contribution in [3.05, 3.63) is 89.0 Å². The van der Waals surface area contributed by atoms with Gasteiger partial charge >= 0.3 is 0 Å². The first-order valence-electron chi connectivity index (χ1n) is 10.3.